The van der Waals surface area contributed by atoms with Gasteiger partial charge in [-0.15, -0.1) is 11.3 Å². The fourth-order valence-electron chi connectivity index (χ4n) is 1.56. The van der Waals surface area contributed by atoms with E-state index in [2.05, 4.69) is 5.32 Å². The molecule has 0 aliphatic heterocycles. The van der Waals surface area contributed by atoms with Gasteiger partial charge in [0.1, 0.15) is 0 Å². The smallest absolute Gasteiger partial charge is 0.308 e. The third kappa shape index (κ3) is 3.64. The molecule has 0 aliphatic rings. The van der Waals surface area contributed by atoms with Crippen LogP contribution >= 0.6 is 11.3 Å². The van der Waals surface area contributed by atoms with Crippen LogP contribution in [0.4, 0.5) is 0 Å². The maximum absolute atomic E-state index is 10.9. The van der Waals surface area contributed by atoms with Crippen LogP contribution in [0.1, 0.15) is 25.1 Å². The van der Waals surface area contributed by atoms with Crippen molar-refractivity contribution in [2.75, 3.05) is 0 Å². The number of carbonyl (C=O) groups is 1. The molecule has 1 rings (SSSR count). The first-order valence-electron chi connectivity index (χ1n) is 5.13. The Morgan fingerprint density at radius 3 is 2.87 bits per heavy atom. The fourth-order valence-corrected chi connectivity index (χ4v) is 2.21. The lowest BCUT2D eigenvalue weighted by atomic mass is 9.99. The molecule has 0 bridgehead atoms. The van der Waals surface area contributed by atoms with Gasteiger partial charge in [-0.25, -0.2) is 0 Å². The molecule has 15 heavy (non-hydrogen) atoms. The quantitative estimate of drug-likeness (QED) is 0.784. The van der Waals surface area contributed by atoms with Crippen molar-refractivity contribution in [3.63, 3.8) is 0 Å². The molecule has 2 atom stereocenters. The van der Waals surface area contributed by atoms with Crippen LogP contribution in [-0.2, 0) is 11.3 Å². The van der Waals surface area contributed by atoms with E-state index in [0.29, 0.717) is 6.42 Å². The number of hydrogen-bond donors (Lipinski definition) is 2. The fraction of sp³-hybridized carbons (Fsp3) is 0.545. The number of hydrogen-bond acceptors (Lipinski definition) is 3. The van der Waals surface area contributed by atoms with Crippen molar-refractivity contribution in [3.05, 3.63) is 22.4 Å². The molecule has 0 aliphatic carbocycles. The Kier molecular flexibility index (Phi) is 4.78. The molecule has 1 heterocycles. The predicted octanol–water partition coefficient (Wildman–Crippen LogP) is 2.34. The van der Waals surface area contributed by atoms with Crippen molar-refractivity contribution in [1.82, 2.24) is 5.32 Å². The first-order chi connectivity index (χ1) is 7.15. The highest BCUT2D eigenvalue weighted by molar-refractivity contribution is 7.09. The van der Waals surface area contributed by atoms with Crippen LogP contribution in [0, 0.1) is 5.92 Å². The molecular weight excluding hydrogens is 210 g/mol. The molecule has 0 aromatic carbocycles. The topological polar surface area (TPSA) is 49.3 Å². The minimum Gasteiger partial charge on any atom is -0.481 e. The molecule has 1 aromatic rings. The zero-order chi connectivity index (χ0) is 11.3. The van der Waals surface area contributed by atoms with Gasteiger partial charge in [0.2, 0.25) is 0 Å². The molecule has 84 valence electrons. The van der Waals surface area contributed by atoms with Crippen molar-refractivity contribution in [2.45, 2.75) is 32.9 Å². The van der Waals surface area contributed by atoms with Gasteiger partial charge in [0.15, 0.2) is 0 Å². The van der Waals surface area contributed by atoms with Crippen LogP contribution < -0.4 is 5.32 Å². The van der Waals surface area contributed by atoms with Crippen molar-refractivity contribution in [3.8, 4) is 0 Å². The average Bonchev–Trinajstić information content (AvgIpc) is 2.67. The van der Waals surface area contributed by atoms with E-state index < -0.39 is 5.97 Å². The molecule has 4 heteroatoms. The van der Waals surface area contributed by atoms with Crippen LogP contribution in [0.15, 0.2) is 17.5 Å². The Morgan fingerprint density at radius 1 is 1.67 bits per heavy atom. The van der Waals surface area contributed by atoms with Crippen molar-refractivity contribution >= 4 is 17.3 Å². The van der Waals surface area contributed by atoms with Crippen LogP contribution in [0.25, 0.3) is 0 Å². The number of aliphatic carboxylic acids is 1. The Balaban J connectivity index is 2.40. The summed E-state index contributed by atoms with van der Waals surface area (Å²) in [5.41, 5.74) is 0. The lowest BCUT2D eigenvalue weighted by molar-refractivity contribution is -0.142. The largest absolute Gasteiger partial charge is 0.481 e. The Labute approximate surface area is 94.1 Å². The Hall–Kier alpha value is -0.870. The summed E-state index contributed by atoms with van der Waals surface area (Å²) in [6.07, 6.45) is 0.661. The normalized spacial score (nSPS) is 14.8. The van der Waals surface area contributed by atoms with Gasteiger partial charge in [0, 0.05) is 17.5 Å². The van der Waals surface area contributed by atoms with Gasteiger partial charge in [0.25, 0.3) is 0 Å². The van der Waals surface area contributed by atoms with E-state index in [1.165, 1.54) is 4.88 Å². The minimum absolute atomic E-state index is 0.00889. The maximum atomic E-state index is 10.9. The highest BCUT2D eigenvalue weighted by Crippen LogP contribution is 2.12. The molecule has 0 fully saturated rings. The summed E-state index contributed by atoms with van der Waals surface area (Å²) in [7, 11) is 0. The standard InChI is InChI=1S/C11H17NO2S/c1-3-10(11(13)14)8(2)12-7-9-5-4-6-15-9/h4-6,8,10,12H,3,7H2,1-2H3,(H,13,14). The first kappa shape index (κ1) is 12.2. The predicted molar refractivity (Wildman–Crippen MR) is 62.0 cm³/mol. The van der Waals surface area contributed by atoms with Crippen LogP contribution in [0.5, 0.6) is 0 Å². The lowest BCUT2D eigenvalue weighted by Crippen LogP contribution is -2.36. The van der Waals surface area contributed by atoms with Gasteiger partial charge >= 0.3 is 5.97 Å². The molecule has 2 unspecified atom stereocenters. The van der Waals surface area contributed by atoms with E-state index in [0.717, 1.165) is 6.54 Å². The summed E-state index contributed by atoms with van der Waals surface area (Å²) in [4.78, 5) is 12.1. The van der Waals surface area contributed by atoms with Crippen molar-refractivity contribution in [2.24, 2.45) is 5.92 Å². The van der Waals surface area contributed by atoms with E-state index in [-0.39, 0.29) is 12.0 Å². The molecule has 2 N–H and O–H groups in total. The molecule has 1 aromatic heterocycles. The second kappa shape index (κ2) is 5.88. The molecule has 0 saturated heterocycles. The molecule has 0 saturated carbocycles. The lowest BCUT2D eigenvalue weighted by Gasteiger charge is -2.19. The summed E-state index contributed by atoms with van der Waals surface area (Å²) in [6, 6.07) is 4.06. The third-order valence-electron chi connectivity index (χ3n) is 2.54. The van der Waals surface area contributed by atoms with Gasteiger partial charge in [-0.05, 0) is 24.8 Å². The van der Waals surface area contributed by atoms with E-state index in [4.69, 9.17) is 5.11 Å². The monoisotopic (exact) mass is 227 g/mol. The van der Waals surface area contributed by atoms with E-state index in [9.17, 15) is 4.79 Å². The minimum atomic E-state index is -0.719. The van der Waals surface area contributed by atoms with E-state index >= 15 is 0 Å². The number of rotatable bonds is 6. The van der Waals surface area contributed by atoms with Crippen molar-refractivity contribution < 1.29 is 9.90 Å². The van der Waals surface area contributed by atoms with Gasteiger partial charge in [-0.1, -0.05) is 13.0 Å². The Morgan fingerprint density at radius 2 is 2.40 bits per heavy atom. The van der Waals surface area contributed by atoms with Crippen LogP contribution in [0.2, 0.25) is 0 Å². The average molecular weight is 227 g/mol. The van der Waals surface area contributed by atoms with Gasteiger partial charge in [-0.3, -0.25) is 4.79 Å². The summed E-state index contributed by atoms with van der Waals surface area (Å²) < 4.78 is 0. The Bertz CT molecular complexity index is 298. The van der Waals surface area contributed by atoms with Gasteiger partial charge in [-0.2, -0.15) is 0 Å². The van der Waals surface area contributed by atoms with Crippen LogP contribution in [-0.4, -0.2) is 17.1 Å². The zero-order valence-corrected chi connectivity index (χ0v) is 9.88. The molecule has 0 radical (unpaired) electrons. The molecular formula is C11H17NO2S. The number of thiophene rings is 1. The highest BCUT2D eigenvalue weighted by Gasteiger charge is 2.21. The molecule has 3 nitrogen and oxygen atoms in total. The summed E-state index contributed by atoms with van der Waals surface area (Å²) in [5.74, 6) is -1.02. The number of carboxylic acids is 1. The second-order valence-corrected chi connectivity index (χ2v) is 4.63. The maximum Gasteiger partial charge on any atom is 0.308 e. The zero-order valence-electron chi connectivity index (χ0n) is 9.06. The molecule has 0 amide bonds. The van der Waals surface area contributed by atoms with Gasteiger partial charge < -0.3 is 10.4 Å². The SMILES string of the molecule is CCC(C(=O)O)C(C)NCc1cccs1. The van der Waals surface area contributed by atoms with E-state index in [1.54, 1.807) is 11.3 Å². The van der Waals surface area contributed by atoms with Gasteiger partial charge in [0.05, 0.1) is 5.92 Å². The number of nitrogens with one attached hydrogen (secondary N) is 1. The van der Waals surface area contributed by atoms with E-state index in [1.807, 2.05) is 31.4 Å². The molecule has 0 spiro atoms. The summed E-state index contributed by atoms with van der Waals surface area (Å²) in [5, 5.41) is 14.2. The number of carboxylic acid groups (broad SMARTS) is 1. The van der Waals surface area contributed by atoms with Crippen molar-refractivity contribution in [1.29, 1.82) is 0 Å². The summed E-state index contributed by atoms with van der Waals surface area (Å²) in [6.45, 7) is 4.58. The van der Waals surface area contributed by atoms with Crippen LogP contribution in [0.3, 0.4) is 0 Å². The second-order valence-electron chi connectivity index (χ2n) is 3.60. The third-order valence-corrected chi connectivity index (χ3v) is 3.42. The summed E-state index contributed by atoms with van der Waals surface area (Å²) >= 11 is 1.68. The highest BCUT2D eigenvalue weighted by atomic mass is 32.1. The first-order valence-corrected chi connectivity index (χ1v) is 6.01.